The van der Waals surface area contributed by atoms with Crippen LogP contribution in [0.2, 0.25) is 0 Å². The van der Waals surface area contributed by atoms with Crippen molar-refractivity contribution >= 4 is 10.0 Å². The third kappa shape index (κ3) is 2.33. The SMILES string of the molecule is CNS(=O)(=O)c1c(C)c(C)c2c(c1C)CCC(C)(C)O2. The first kappa shape index (κ1) is 15.3. The molecule has 1 heterocycles. The van der Waals surface area contributed by atoms with Crippen molar-refractivity contribution < 1.29 is 13.2 Å². The van der Waals surface area contributed by atoms with E-state index in [0.29, 0.717) is 4.90 Å². The molecule has 1 aromatic rings. The summed E-state index contributed by atoms with van der Waals surface area (Å²) < 4.78 is 33.0. The summed E-state index contributed by atoms with van der Waals surface area (Å²) in [5, 5.41) is 0. The fourth-order valence-electron chi connectivity index (χ4n) is 2.85. The van der Waals surface area contributed by atoms with Crippen molar-refractivity contribution in [3.05, 3.63) is 22.3 Å². The maximum atomic E-state index is 12.3. The first-order valence-electron chi connectivity index (χ1n) is 6.86. The molecule has 1 aromatic carbocycles. The number of ether oxygens (including phenoxy) is 1. The van der Waals surface area contributed by atoms with Crippen LogP contribution in [0.3, 0.4) is 0 Å². The molecule has 0 bridgehead atoms. The summed E-state index contributed by atoms with van der Waals surface area (Å²) in [7, 11) is -2.00. The number of rotatable bonds is 2. The second kappa shape index (κ2) is 4.74. The molecule has 0 atom stereocenters. The van der Waals surface area contributed by atoms with Crippen molar-refractivity contribution in [2.24, 2.45) is 0 Å². The Labute approximate surface area is 121 Å². The number of benzene rings is 1. The van der Waals surface area contributed by atoms with Gasteiger partial charge in [-0.15, -0.1) is 0 Å². The molecule has 0 amide bonds. The van der Waals surface area contributed by atoms with E-state index in [1.807, 2.05) is 20.8 Å². The third-order valence-electron chi connectivity index (χ3n) is 4.20. The summed E-state index contributed by atoms with van der Waals surface area (Å²) in [6.07, 6.45) is 1.74. The summed E-state index contributed by atoms with van der Waals surface area (Å²) in [5.74, 6) is 0.867. The van der Waals surface area contributed by atoms with E-state index in [-0.39, 0.29) is 5.60 Å². The zero-order chi connectivity index (χ0) is 15.3. The van der Waals surface area contributed by atoms with Gasteiger partial charge in [-0.25, -0.2) is 13.1 Å². The van der Waals surface area contributed by atoms with Gasteiger partial charge in [-0.1, -0.05) is 0 Å². The summed E-state index contributed by atoms with van der Waals surface area (Å²) in [6.45, 7) is 9.79. The van der Waals surface area contributed by atoms with Gasteiger partial charge in [0.2, 0.25) is 10.0 Å². The van der Waals surface area contributed by atoms with Crippen LogP contribution in [0.15, 0.2) is 4.90 Å². The normalized spacial score (nSPS) is 17.5. The molecule has 1 aliphatic rings. The lowest BCUT2D eigenvalue weighted by Crippen LogP contribution is -2.34. The predicted molar refractivity (Wildman–Crippen MR) is 79.9 cm³/mol. The summed E-state index contributed by atoms with van der Waals surface area (Å²) in [4.78, 5) is 0.402. The van der Waals surface area contributed by atoms with E-state index in [0.717, 1.165) is 40.8 Å². The van der Waals surface area contributed by atoms with Gasteiger partial charge < -0.3 is 4.74 Å². The Bertz CT molecular complexity index is 660. The molecule has 1 aliphatic heterocycles. The number of nitrogens with one attached hydrogen (secondary N) is 1. The van der Waals surface area contributed by atoms with Crippen LogP contribution in [0.4, 0.5) is 0 Å². The van der Waals surface area contributed by atoms with Crippen LogP contribution in [0.5, 0.6) is 5.75 Å². The van der Waals surface area contributed by atoms with Crippen LogP contribution in [0.25, 0.3) is 0 Å². The monoisotopic (exact) mass is 297 g/mol. The highest BCUT2D eigenvalue weighted by Crippen LogP contribution is 2.41. The predicted octanol–water partition coefficient (Wildman–Crippen LogP) is 2.62. The first-order chi connectivity index (χ1) is 9.10. The summed E-state index contributed by atoms with van der Waals surface area (Å²) >= 11 is 0. The molecule has 4 nitrogen and oxygen atoms in total. The van der Waals surface area contributed by atoms with Crippen LogP contribution in [0, 0.1) is 20.8 Å². The van der Waals surface area contributed by atoms with Gasteiger partial charge in [0, 0.05) is 0 Å². The minimum atomic E-state index is -3.45. The average Bonchev–Trinajstić information content (AvgIpc) is 2.35. The number of fused-ring (bicyclic) bond motifs is 1. The minimum Gasteiger partial charge on any atom is -0.487 e. The van der Waals surface area contributed by atoms with Crippen molar-refractivity contribution in [3.63, 3.8) is 0 Å². The molecule has 0 saturated heterocycles. The summed E-state index contributed by atoms with van der Waals surface area (Å²) in [5.41, 5.74) is 3.34. The Kier molecular flexibility index (Phi) is 3.63. The van der Waals surface area contributed by atoms with E-state index in [4.69, 9.17) is 4.74 Å². The zero-order valence-electron chi connectivity index (χ0n) is 13.0. The van der Waals surface area contributed by atoms with Gasteiger partial charge >= 0.3 is 0 Å². The Morgan fingerprint density at radius 1 is 1.10 bits per heavy atom. The molecule has 0 unspecified atom stereocenters. The smallest absolute Gasteiger partial charge is 0.240 e. The van der Waals surface area contributed by atoms with Gasteiger partial charge in [-0.2, -0.15) is 0 Å². The second-order valence-electron chi connectivity index (χ2n) is 6.08. The van der Waals surface area contributed by atoms with E-state index in [1.54, 1.807) is 0 Å². The van der Waals surface area contributed by atoms with Gasteiger partial charge in [0.05, 0.1) is 4.90 Å². The van der Waals surface area contributed by atoms with Gasteiger partial charge in [-0.05, 0) is 76.8 Å². The number of hydrogen-bond donors (Lipinski definition) is 1. The lowest BCUT2D eigenvalue weighted by Gasteiger charge is -2.35. The molecule has 1 N–H and O–H groups in total. The minimum absolute atomic E-state index is 0.194. The first-order valence-corrected chi connectivity index (χ1v) is 8.34. The van der Waals surface area contributed by atoms with E-state index < -0.39 is 10.0 Å². The fraction of sp³-hybridized carbons (Fsp3) is 0.600. The molecule has 0 aromatic heterocycles. The lowest BCUT2D eigenvalue weighted by molar-refractivity contribution is 0.0832. The van der Waals surface area contributed by atoms with Crippen LogP contribution in [0.1, 0.15) is 42.5 Å². The number of hydrogen-bond acceptors (Lipinski definition) is 3. The van der Waals surface area contributed by atoms with Crippen molar-refractivity contribution in [1.82, 2.24) is 4.72 Å². The van der Waals surface area contributed by atoms with E-state index >= 15 is 0 Å². The molecule has 0 radical (unpaired) electrons. The molecular formula is C15H23NO3S. The van der Waals surface area contributed by atoms with Gasteiger partial charge in [0.15, 0.2) is 0 Å². The average molecular weight is 297 g/mol. The Morgan fingerprint density at radius 2 is 1.70 bits per heavy atom. The fourth-order valence-corrected chi connectivity index (χ4v) is 4.14. The molecule has 2 rings (SSSR count). The standard InChI is InChI=1S/C15H23NO3S/c1-9-10(2)14(20(17,18)16-6)11(3)12-7-8-15(4,5)19-13(9)12/h16H,7-8H2,1-6H3. The third-order valence-corrected chi connectivity index (χ3v) is 5.89. The Morgan fingerprint density at radius 3 is 2.25 bits per heavy atom. The quantitative estimate of drug-likeness (QED) is 0.913. The molecule has 112 valence electrons. The largest absolute Gasteiger partial charge is 0.487 e. The molecule has 5 heteroatoms. The topological polar surface area (TPSA) is 55.4 Å². The summed E-state index contributed by atoms with van der Waals surface area (Å²) in [6, 6.07) is 0. The Hall–Kier alpha value is -1.07. The van der Waals surface area contributed by atoms with Crippen LogP contribution in [-0.2, 0) is 16.4 Å². The Balaban J connectivity index is 2.77. The highest BCUT2D eigenvalue weighted by atomic mass is 32.2. The highest BCUT2D eigenvalue weighted by Gasteiger charge is 2.32. The molecule has 0 saturated carbocycles. The van der Waals surface area contributed by atoms with E-state index in [1.165, 1.54) is 7.05 Å². The highest BCUT2D eigenvalue weighted by molar-refractivity contribution is 7.89. The molecule has 0 fully saturated rings. The van der Waals surface area contributed by atoms with Gasteiger partial charge in [-0.3, -0.25) is 0 Å². The molecule has 20 heavy (non-hydrogen) atoms. The second-order valence-corrected chi connectivity index (χ2v) is 7.90. The maximum absolute atomic E-state index is 12.3. The lowest BCUT2D eigenvalue weighted by atomic mass is 9.88. The van der Waals surface area contributed by atoms with Crippen LogP contribution < -0.4 is 9.46 Å². The van der Waals surface area contributed by atoms with Gasteiger partial charge in [0.25, 0.3) is 0 Å². The number of sulfonamides is 1. The maximum Gasteiger partial charge on any atom is 0.240 e. The van der Waals surface area contributed by atoms with Crippen molar-refractivity contribution in [3.8, 4) is 5.75 Å². The van der Waals surface area contributed by atoms with Crippen LogP contribution in [-0.4, -0.2) is 21.1 Å². The zero-order valence-corrected chi connectivity index (χ0v) is 13.9. The van der Waals surface area contributed by atoms with E-state index in [9.17, 15) is 8.42 Å². The van der Waals surface area contributed by atoms with Gasteiger partial charge in [0.1, 0.15) is 11.4 Å². The molecule has 0 aliphatic carbocycles. The van der Waals surface area contributed by atoms with E-state index in [2.05, 4.69) is 18.6 Å². The molecule has 0 spiro atoms. The molecular weight excluding hydrogens is 274 g/mol. The van der Waals surface area contributed by atoms with Crippen molar-refractivity contribution in [2.75, 3.05) is 7.05 Å². The van der Waals surface area contributed by atoms with Crippen LogP contribution >= 0.6 is 0 Å². The van der Waals surface area contributed by atoms with Crippen molar-refractivity contribution in [1.29, 1.82) is 0 Å². The van der Waals surface area contributed by atoms with Crippen molar-refractivity contribution in [2.45, 2.75) is 58.0 Å².